The van der Waals surface area contributed by atoms with E-state index in [2.05, 4.69) is 45.1 Å². The van der Waals surface area contributed by atoms with Crippen LogP contribution < -0.4 is 0 Å². The molecule has 6 heteroatoms. The van der Waals surface area contributed by atoms with E-state index in [0.717, 1.165) is 64.2 Å². The molecule has 0 aromatic carbocycles. The van der Waals surface area contributed by atoms with Crippen molar-refractivity contribution in [3.8, 4) is 0 Å². The summed E-state index contributed by atoms with van der Waals surface area (Å²) in [5.74, 6) is -0.849. The van der Waals surface area contributed by atoms with E-state index in [9.17, 15) is 14.4 Å². The van der Waals surface area contributed by atoms with Gasteiger partial charge in [-0.1, -0.05) is 283 Å². The Kier molecular flexibility index (Phi) is 54.7. The largest absolute Gasteiger partial charge is 0.462 e. The van der Waals surface area contributed by atoms with E-state index in [-0.39, 0.29) is 31.1 Å². The Morgan fingerprint density at radius 1 is 0.299 bits per heavy atom. The number of unbranched alkanes of at least 4 members (excludes halogenated alkanes) is 40. The molecule has 0 aliphatic heterocycles. The van der Waals surface area contributed by atoms with E-state index in [1.807, 2.05) is 0 Å². The first kappa shape index (κ1) is 64.9. The normalized spacial score (nSPS) is 12.1. The summed E-state index contributed by atoms with van der Waals surface area (Å²) in [6, 6.07) is 0. The maximum atomic E-state index is 12.9. The molecule has 0 rings (SSSR count). The monoisotopic (exact) mass is 943 g/mol. The van der Waals surface area contributed by atoms with Gasteiger partial charge in [0.1, 0.15) is 13.2 Å². The molecule has 0 fully saturated rings. The van der Waals surface area contributed by atoms with Crippen LogP contribution in [0.3, 0.4) is 0 Å². The van der Waals surface area contributed by atoms with Crippen molar-refractivity contribution >= 4 is 17.9 Å². The lowest BCUT2D eigenvalue weighted by atomic mass is 10.0. The summed E-state index contributed by atoms with van der Waals surface area (Å²) in [4.78, 5) is 38.1. The first-order valence-corrected chi connectivity index (χ1v) is 29.8. The number of esters is 3. The fourth-order valence-corrected chi connectivity index (χ4v) is 8.95. The lowest BCUT2D eigenvalue weighted by Crippen LogP contribution is -2.30. The van der Waals surface area contributed by atoms with E-state index in [0.29, 0.717) is 19.3 Å². The maximum absolute atomic E-state index is 12.9. The number of allylic oxidation sites excluding steroid dienone is 4. The maximum Gasteiger partial charge on any atom is 0.306 e. The molecule has 0 saturated heterocycles. The van der Waals surface area contributed by atoms with Gasteiger partial charge in [0.15, 0.2) is 6.10 Å². The van der Waals surface area contributed by atoms with Crippen molar-refractivity contribution in [2.45, 2.75) is 335 Å². The third-order valence-corrected chi connectivity index (χ3v) is 13.5. The van der Waals surface area contributed by atoms with Gasteiger partial charge in [-0.15, -0.1) is 0 Å². The second-order valence-corrected chi connectivity index (χ2v) is 20.3. The van der Waals surface area contributed by atoms with Crippen LogP contribution in [0.1, 0.15) is 329 Å². The lowest BCUT2D eigenvalue weighted by Gasteiger charge is -2.18. The molecule has 67 heavy (non-hydrogen) atoms. The van der Waals surface area contributed by atoms with Crippen LogP contribution >= 0.6 is 0 Å². The predicted molar refractivity (Wildman–Crippen MR) is 289 cm³/mol. The predicted octanol–water partition coefficient (Wildman–Crippen LogP) is 19.9. The summed E-state index contributed by atoms with van der Waals surface area (Å²) in [5, 5.41) is 0. The SMILES string of the molecule is CCCCC/C=C\C/C=C\CCCCCCCCCCCC(=O)OCC(COC(=O)CCCCCCCCCCCCC)OC(=O)CCCCCCCCCCCCCCCCCCCCC. The zero-order valence-corrected chi connectivity index (χ0v) is 45.2. The van der Waals surface area contributed by atoms with Crippen LogP contribution in [-0.2, 0) is 28.6 Å². The van der Waals surface area contributed by atoms with E-state index < -0.39 is 6.10 Å². The Labute approximate surface area is 417 Å². The molecule has 0 heterocycles. The Bertz CT molecular complexity index is 1080. The Balaban J connectivity index is 4.27. The van der Waals surface area contributed by atoms with E-state index in [4.69, 9.17) is 14.2 Å². The number of carbonyl (C=O) groups is 3. The summed E-state index contributed by atoms with van der Waals surface area (Å²) < 4.78 is 16.9. The van der Waals surface area contributed by atoms with E-state index in [1.54, 1.807) is 0 Å². The van der Waals surface area contributed by atoms with Gasteiger partial charge in [0.05, 0.1) is 0 Å². The molecule has 0 aromatic rings. The van der Waals surface area contributed by atoms with Gasteiger partial charge in [0.25, 0.3) is 0 Å². The molecule has 0 amide bonds. The lowest BCUT2D eigenvalue weighted by molar-refractivity contribution is -0.167. The fourth-order valence-electron chi connectivity index (χ4n) is 8.95. The highest BCUT2D eigenvalue weighted by Gasteiger charge is 2.19. The average molecular weight is 944 g/mol. The van der Waals surface area contributed by atoms with Gasteiger partial charge in [0.2, 0.25) is 0 Å². The number of rotatable bonds is 55. The summed E-state index contributed by atoms with van der Waals surface area (Å²) in [7, 11) is 0. The van der Waals surface area contributed by atoms with Gasteiger partial charge in [-0.05, 0) is 51.4 Å². The van der Waals surface area contributed by atoms with Crippen LogP contribution in [-0.4, -0.2) is 37.2 Å². The molecule has 0 aliphatic carbocycles. The van der Waals surface area contributed by atoms with Crippen LogP contribution in [0.2, 0.25) is 0 Å². The number of ether oxygens (including phenoxy) is 3. The topological polar surface area (TPSA) is 78.9 Å². The van der Waals surface area contributed by atoms with Crippen LogP contribution in [0.4, 0.5) is 0 Å². The zero-order valence-electron chi connectivity index (χ0n) is 45.2. The van der Waals surface area contributed by atoms with Crippen molar-refractivity contribution < 1.29 is 28.6 Å². The number of hydrogen-bond acceptors (Lipinski definition) is 6. The molecular weight excluding hydrogens is 829 g/mol. The summed E-state index contributed by atoms with van der Waals surface area (Å²) in [5.41, 5.74) is 0. The Morgan fingerprint density at radius 2 is 0.537 bits per heavy atom. The fraction of sp³-hybridized carbons (Fsp3) is 0.885. The summed E-state index contributed by atoms with van der Waals surface area (Å²) in [6.07, 6.45) is 66.0. The average Bonchev–Trinajstić information content (AvgIpc) is 3.33. The minimum Gasteiger partial charge on any atom is -0.462 e. The highest BCUT2D eigenvalue weighted by molar-refractivity contribution is 5.71. The molecule has 0 aromatic heterocycles. The van der Waals surface area contributed by atoms with Crippen molar-refractivity contribution in [3.63, 3.8) is 0 Å². The first-order chi connectivity index (χ1) is 33.0. The molecule has 0 spiro atoms. The van der Waals surface area contributed by atoms with Gasteiger partial charge in [-0.2, -0.15) is 0 Å². The van der Waals surface area contributed by atoms with Gasteiger partial charge >= 0.3 is 17.9 Å². The van der Waals surface area contributed by atoms with Gasteiger partial charge in [0, 0.05) is 19.3 Å². The van der Waals surface area contributed by atoms with Crippen LogP contribution in [0.5, 0.6) is 0 Å². The molecule has 0 saturated carbocycles. The highest BCUT2D eigenvalue weighted by atomic mass is 16.6. The smallest absolute Gasteiger partial charge is 0.306 e. The van der Waals surface area contributed by atoms with Crippen LogP contribution in [0, 0.1) is 0 Å². The van der Waals surface area contributed by atoms with Gasteiger partial charge in [-0.3, -0.25) is 14.4 Å². The van der Waals surface area contributed by atoms with Crippen molar-refractivity contribution in [2.24, 2.45) is 0 Å². The summed E-state index contributed by atoms with van der Waals surface area (Å²) >= 11 is 0. The molecule has 0 aliphatic rings. The minimum absolute atomic E-state index is 0.0668. The van der Waals surface area contributed by atoms with E-state index in [1.165, 1.54) is 225 Å². The Morgan fingerprint density at radius 3 is 0.851 bits per heavy atom. The quantitative estimate of drug-likeness (QED) is 0.0262. The number of hydrogen-bond donors (Lipinski definition) is 0. The molecule has 1 unspecified atom stereocenters. The summed E-state index contributed by atoms with van der Waals surface area (Å²) in [6.45, 7) is 6.66. The number of carbonyl (C=O) groups excluding carboxylic acids is 3. The first-order valence-electron chi connectivity index (χ1n) is 29.8. The molecule has 0 N–H and O–H groups in total. The molecule has 394 valence electrons. The van der Waals surface area contributed by atoms with Crippen molar-refractivity contribution in [1.29, 1.82) is 0 Å². The van der Waals surface area contributed by atoms with E-state index >= 15 is 0 Å². The highest BCUT2D eigenvalue weighted by Crippen LogP contribution is 2.17. The minimum atomic E-state index is -0.767. The second kappa shape index (κ2) is 56.5. The second-order valence-electron chi connectivity index (χ2n) is 20.3. The molecule has 0 bridgehead atoms. The molecule has 6 nitrogen and oxygen atoms in total. The van der Waals surface area contributed by atoms with Crippen molar-refractivity contribution in [1.82, 2.24) is 0 Å². The third-order valence-electron chi connectivity index (χ3n) is 13.5. The van der Waals surface area contributed by atoms with Crippen molar-refractivity contribution in [2.75, 3.05) is 13.2 Å². The van der Waals surface area contributed by atoms with Gasteiger partial charge < -0.3 is 14.2 Å². The van der Waals surface area contributed by atoms with Gasteiger partial charge in [-0.25, -0.2) is 0 Å². The standard InChI is InChI=1S/C61H114O6/c1-4-7-10-13-16-19-22-24-26-28-30-32-34-36-39-42-45-48-51-54-60(63)66-57-58(56-65-59(62)53-50-47-44-41-38-21-18-15-12-9-6-3)67-61(64)55-52-49-46-43-40-37-35-33-31-29-27-25-23-20-17-14-11-8-5-2/h16,19,24,26,58H,4-15,17-18,20-23,25,27-57H2,1-3H3/b19-16-,26-24-. The zero-order chi connectivity index (χ0) is 48.6. The van der Waals surface area contributed by atoms with Crippen LogP contribution in [0.25, 0.3) is 0 Å². The Hall–Kier alpha value is -2.11. The van der Waals surface area contributed by atoms with Crippen molar-refractivity contribution in [3.05, 3.63) is 24.3 Å². The van der Waals surface area contributed by atoms with Crippen LogP contribution in [0.15, 0.2) is 24.3 Å². The third kappa shape index (κ3) is 54.7. The molecular formula is C61H114O6. The molecule has 0 radical (unpaired) electrons. The molecule has 1 atom stereocenters.